The average Bonchev–Trinajstić information content (AvgIpc) is 2.44. The summed E-state index contributed by atoms with van der Waals surface area (Å²) in [5, 5.41) is 0. The molecular formula is C18H21BrO. The van der Waals surface area contributed by atoms with E-state index in [1.54, 1.807) is 0 Å². The zero-order valence-corrected chi connectivity index (χ0v) is 13.9. The number of ether oxygens (including phenoxy) is 1. The van der Waals surface area contributed by atoms with Crippen molar-refractivity contribution in [3.05, 3.63) is 64.7 Å². The minimum Gasteiger partial charge on any atom is -0.494 e. The fourth-order valence-electron chi connectivity index (χ4n) is 2.27. The quantitative estimate of drug-likeness (QED) is 0.668. The zero-order chi connectivity index (χ0) is 14.5. The number of benzene rings is 2. The molecule has 106 valence electrons. The predicted molar refractivity (Wildman–Crippen MR) is 88.9 cm³/mol. The molecule has 2 aromatic rings. The Morgan fingerprint density at radius 1 is 1.05 bits per heavy atom. The number of alkyl halides is 1. The highest BCUT2D eigenvalue weighted by Crippen LogP contribution is 2.34. The molecule has 0 bridgehead atoms. The number of aryl methyl sites for hydroxylation is 2. The number of halogens is 1. The molecular weight excluding hydrogens is 312 g/mol. The van der Waals surface area contributed by atoms with Gasteiger partial charge in [0, 0.05) is 10.4 Å². The SMILES string of the molecule is CCOc1ccccc1C(Br)Cc1ccc(C)c(C)c1. The van der Waals surface area contributed by atoms with Crippen LogP contribution in [0.3, 0.4) is 0 Å². The van der Waals surface area contributed by atoms with Gasteiger partial charge in [0.05, 0.1) is 6.61 Å². The van der Waals surface area contributed by atoms with Crippen LogP contribution in [0, 0.1) is 13.8 Å². The van der Waals surface area contributed by atoms with Crippen molar-refractivity contribution in [3.8, 4) is 5.75 Å². The van der Waals surface area contributed by atoms with E-state index in [-0.39, 0.29) is 4.83 Å². The molecule has 0 aliphatic carbocycles. The van der Waals surface area contributed by atoms with E-state index in [9.17, 15) is 0 Å². The van der Waals surface area contributed by atoms with Crippen molar-refractivity contribution < 1.29 is 4.74 Å². The molecule has 0 amide bonds. The molecule has 0 aliphatic rings. The fourth-order valence-corrected chi connectivity index (χ4v) is 3.03. The van der Waals surface area contributed by atoms with Crippen LogP contribution in [0.15, 0.2) is 42.5 Å². The first-order valence-electron chi connectivity index (χ1n) is 7.03. The van der Waals surface area contributed by atoms with E-state index in [0.717, 1.165) is 12.2 Å². The van der Waals surface area contributed by atoms with Crippen LogP contribution in [0.2, 0.25) is 0 Å². The Morgan fingerprint density at radius 2 is 1.80 bits per heavy atom. The van der Waals surface area contributed by atoms with Crippen molar-refractivity contribution in [2.45, 2.75) is 32.0 Å². The van der Waals surface area contributed by atoms with E-state index in [0.29, 0.717) is 6.61 Å². The standard InChI is InChI=1S/C18H21BrO/c1-4-20-18-8-6-5-7-16(18)17(19)12-15-10-9-13(2)14(3)11-15/h5-11,17H,4,12H2,1-3H3. The van der Waals surface area contributed by atoms with Crippen LogP contribution in [-0.2, 0) is 6.42 Å². The monoisotopic (exact) mass is 332 g/mol. The molecule has 0 saturated heterocycles. The fraction of sp³-hybridized carbons (Fsp3) is 0.333. The van der Waals surface area contributed by atoms with Gasteiger partial charge < -0.3 is 4.74 Å². The number of hydrogen-bond donors (Lipinski definition) is 0. The Morgan fingerprint density at radius 3 is 2.50 bits per heavy atom. The number of para-hydroxylation sites is 1. The number of rotatable bonds is 5. The first-order valence-corrected chi connectivity index (χ1v) is 7.95. The lowest BCUT2D eigenvalue weighted by Crippen LogP contribution is -2.01. The lowest BCUT2D eigenvalue weighted by Gasteiger charge is -2.16. The van der Waals surface area contributed by atoms with Gasteiger partial charge in [0.1, 0.15) is 5.75 Å². The summed E-state index contributed by atoms with van der Waals surface area (Å²) in [6.45, 7) is 7.02. The predicted octanol–water partition coefficient (Wildman–Crippen LogP) is 5.38. The lowest BCUT2D eigenvalue weighted by atomic mass is 10.00. The van der Waals surface area contributed by atoms with E-state index in [4.69, 9.17) is 4.74 Å². The van der Waals surface area contributed by atoms with Gasteiger partial charge in [-0.25, -0.2) is 0 Å². The summed E-state index contributed by atoms with van der Waals surface area (Å²) in [4.78, 5) is 0.271. The van der Waals surface area contributed by atoms with Gasteiger partial charge in [-0.3, -0.25) is 0 Å². The molecule has 1 nitrogen and oxygen atoms in total. The Balaban J connectivity index is 2.19. The number of hydrogen-bond acceptors (Lipinski definition) is 1. The van der Waals surface area contributed by atoms with Crippen molar-refractivity contribution >= 4 is 15.9 Å². The third-order valence-electron chi connectivity index (χ3n) is 3.54. The zero-order valence-electron chi connectivity index (χ0n) is 12.3. The minimum absolute atomic E-state index is 0.271. The van der Waals surface area contributed by atoms with Gasteiger partial charge in [-0.1, -0.05) is 52.3 Å². The maximum Gasteiger partial charge on any atom is 0.123 e. The van der Waals surface area contributed by atoms with Crippen molar-refractivity contribution in [1.29, 1.82) is 0 Å². The molecule has 0 saturated carbocycles. The Hall–Kier alpha value is -1.28. The van der Waals surface area contributed by atoms with Crippen molar-refractivity contribution in [2.24, 2.45) is 0 Å². The van der Waals surface area contributed by atoms with Gasteiger partial charge in [-0.15, -0.1) is 0 Å². The van der Waals surface area contributed by atoms with Crippen LogP contribution < -0.4 is 4.74 Å². The van der Waals surface area contributed by atoms with Gasteiger partial charge >= 0.3 is 0 Å². The van der Waals surface area contributed by atoms with Crippen LogP contribution in [0.1, 0.15) is 34.0 Å². The van der Waals surface area contributed by atoms with Gasteiger partial charge in [-0.05, 0) is 49.9 Å². The van der Waals surface area contributed by atoms with Crippen LogP contribution in [0.25, 0.3) is 0 Å². The van der Waals surface area contributed by atoms with E-state index in [1.807, 2.05) is 19.1 Å². The van der Waals surface area contributed by atoms with E-state index in [1.165, 1.54) is 22.3 Å². The second kappa shape index (κ2) is 6.94. The molecule has 0 spiro atoms. The molecule has 1 atom stereocenters. The topological polar surface area (TPSA) is 9.23 Å². The molecule has 0 fully saturated rings. The van der Waals surface area contributed by atoms with Gasteiger partial charge in [0.2, 0.25) is 0 Å². The highest BCUT2D eigenvalue weighted by atomic mass is 79.9. The van der Waals surface area contributed by atoms with Crippen LogP contribution in [0.4, 0.5) is 0 Å². The van der Waals surface area contributed by atoms with Crippen molar-refractivity contribution in [2.75, 3.05) is 6.61 Å². The summed E-state index contributed by atoms with van der Waals surface area (Å²) in [5.41, 5.74) is 5.25. The second-order valence-electron chi connectivity index (χ2n) is 5.06. The molecule has 20 heavy (non-hydrogen) atoms. The third kappa shape index (κ3) is 3.63. The summed E-state index contributed by atoms with van der Waals surface area (Å²) >= 11 is 3.81. The van der Waals surface area contributed by atoms with Crippen molar-refractivity contribution in [3.63, 3.8) is 0 Å². The largest absolute Gasteiger partial charge is 0.494 e. The highest BCUT2D eigenvalue weighted by Gasteiger charge is 2.13. The molecule has 0 aliphatic heterocycles. The summed E-state index contributed by atoms with van der Waals surface area (Å²) in [5.74, 6) is 0.973. The maximum atomic E-state index is 5.71. The normalized spacial score (nSPS) is 12.2. The van der Waals surface area contributed by atoms with Crippen LogP contribution in [-0.4, -0.2) is 6.61 Å². The molecule has 0 aromatic heterocycles. The van der Waals surface area contributed by atoms with Gasteiger partial charge in [-0.2, -0.15) is 0 Å². The molecule has 0 heterocycles. The summed E-state index contributed by atoms with van der Waals surface area (Å²) < 4.78 is 5.71. The Labute approximate surface area is 130 Å². The maximum absolute atomic E-state index is 5.71. The highest BCUT2D eigenvalue weighted by molar-refractivity contribution is 9.09. The van der Waals surface area contributed by atoms with E-state index in [2.05, 4.69) is 60.1 Å². The summed E-state index contributed by atoms with van der Waals surface area (Å²) in [6, 6.07) is 14.9. The Kier molecular flexibility index (Phi) is 5.24. The van der Waals surface area contributed by atoms with Crippen LogP contribution in [0.5, 0.6) is 5.75 Å². The Bertz CT molecular complexity index is 577. The molecule has 1 unspecified atom stereocenters. The summed E-state index contributed by atoms with van der Waals surface area (Å²) in [6.07, 6.45) is 0.963. The average molecular weight is 333 g/mol. The van der Waals surface area contributed by atoms with Gasteiger partial charge in [0.25, 0.3) is 0 Å². The molecule has 2 aromatic carbocycles. The van der Waals surface area contributed by atoms with Gasteiger partial charge in [0.15, 0.2) is 0 Å². The second-order valence-corrected chi connectivity index (χ2v) is 6.17. The first-order chi connectivity index (χ1) is 9.61. The lowest BCUT2D eigenvalue weighted by molar-refractivity contribution is 0.336. The molecule has 2 heteroatoms. The minimum atomic E-state index is 0.271. The third-order valence-corrected chi connectivity index (χ3v) is 4.36. The molecule has 0 radical (unpaired) electrons. The molecule has 2 rings (SSSR count). The van der Waals surface area contributed by atoms with E-state index < -0.39 is 0 Å². The summed E-state index contributed by atoms with van der Waals surface area (Å²) in [7, 11) is 0. The van der Waals surface area contributed by atoms with Crippen molar-refractivity contribution in [1.82, 2.24) is 0 Å². The first kappa shape index (κ1) is 15.1. The van der Waals surface area contributed by atoms with E-state index >= 15 is 0 Å². The smallest absolute Gasteiger partial charge is 0.123 e. The van der Waals surface area contributed by atoms with Crippen LogP contribution >= 0.6 is 15.9 Å². The molecule has 0 N–H and O–H groups in total.